The minimum absolute atomic E-state index is 0.0774. The van der Waals surface area contributed by atoms with E-state index in [9.17, 15) is 4.79 Å². The SMILES string of the molecule is CCc1cc2c(=O)[nH]c(SCC(C)C(N)=S)nc2s1. The number of nitrogens with zero attached hydrogens (tertiary/aromatic N) is 1. The number of aromatic amines is 1. The molecule has 2 rings (SSSR count). The number of rotatable bonds is 5. The number of thiophene rings is 1. The van der Waals surface area contributed by atoms with Crippen LogP contribution in [-0.2, 0) is 6.42 Å². The maximum atomic E-state index is 12.0. The van der Waals surface area contributed by atoms with Gasteiger partial charge in [-0.1, -0.05) is 37.8 Å². The molecular weight excluding hydrogens is 298 g/mol. The average Bonchev–Trinajstić information content (AvgIpc) is 2.79. The largest absolute Gasteiger partial charge is 0.393 e. The zero-order valence-electron chi connectivity index (χ0n) is 10.7. The van der Waals surface area contributed by atoms with E-state index in [1.165, 1.54) is 16.6 Å². The van der Waals surface area contributed by atoms with E-state index in [-0.39, 0.29) is 11.5 Å². The molecule has 7 heteroatoms. The molecule has 0 aliphatic rings. The number of H-pyrrole nitrogens is 1. The zero-order valence-corrected chi connectivity index (χ0v) is 13.2. The summed E-state index contributed by atoms with van der Waals surface area (Å²) >= 11 is 7.98. The highest BCUT2D eigenvalue weighted by Crippen LogP contribution is 2.24. The smallest absolute Gasteiger partial charge is 0.260 e. The van der Waals surface area contributed by atoms with E-state index >= 15 is 0 Å². The van der Waals surface area contributed by atoms with E-state index in [4.69, 9.17) is 18.0 Å². The Labute approximate surface area is 124 Å². The molecule has 0 fully saturated rings. The lowest BCUT2D eigenvalue weighted by Crippen LogP contribution is -2.20. The minimum Gasteiger partial charge on any atom is -0.393 e. The number of aryl methyl sites for hydroxylation is 1. The van der Waals surface area contributed by atoms with Gasteiger partial charge in [0.1, 0.15) is 4.83 Å². The number of hydrogen-bond donors (Lipinski definition) is 2. The Morgan fingerprint density at radius 3 is 3.05 bits per heavy atom. The standard InChI is InChI=1S/C12H15N3OS3/c1-3-7-4-8-10(16)14-12(15-11(8)19-7)18-5-6(2)9(13)17/h4,6H,3,5H2,1-2H3,(H2,13,17)(H,14,15,16). The van der Waals surface area contributed by atoms with Gasteiger partial charge in [0, 0.05) is 16.5 Å². The van der Waals surface area contributed by atoms with Crippen molar-refractivity contribution < 1.29 is 0 Å². The van der Waals surface area contributed by atoms with E-state index in [1.54, 1.807) is 11.3 Å². The summed E-state index contributed by atoms with van der Waals surface area (Å²) in [6, 6.07) is 1.91. The van der Waals surface area contributed by atoms with Gasteiger partial charge in [-0.15, -0.1) is 11.3 Å². The van der Waals surface area contributed by atoms with Gasteiger partial charge in [-0.05, 0) is 12.5 Å². The number of nitrogens with two attached hydrogens (primary N) is 1. The van der Waals surface area contributed by atoms with Crippen molar-refractivity contribution in [3.05, 3.63) is 21.3 Å². The molecule has 0 aliphatic carbocycles. The Morgan fingerprint density at radius 2 is 2.42 bits per heavy atom. The molecule has 3 N–H and O–H groups in total. The van der Waals surface area contributed by atoms with Crippen LogP contribution in [0.3, 0.4) is 0 Å². The highest BCUT2D eigenvalue weighted by Gasteiger charge is 2.11. The highest BCUT2D eigenvalue weighted by molar-refractivity contribution is 7.99. The van der Waals surface area contributed by atoms with E-state index in [2.05, 4.69) is 16.9 Å². The van der Waals surface area contributed by atoms with E-state index in [0.717, 1.165) is 17.0 Å². The van der Waals surface area contributed by atoms with Gasteiger partial charge in [0.05, 0.1) is 10.4 Å². The quantitative estimate of drug-likeness (QED) is 0.504. The molecule has 1 unspecified atom stereocenters. The van der Waals surface area contributed by atoms with Gasteiger partial charge in [0.15, 0.2) is 5.16 Å². The van der Waals surface area contributed by atoms with Crippen LogP contribution in [-0.4, -0.2) is 20.7 Å². The van der Waals surface area contributed by atoms with Crippen LogP contribution in [0.25, 0.3) is 10.2 Å². The highest BCUT2D eigenvalue weighted by atomic mass is 32.2. The van der Waals surface area contributed by atoms with Gasteiger partial charge in [-0.3, -0.25) is 4.79 Å². The molecule has 0 saturated carbocycles. The second-order valence-corrected chi connectivity index (χ2v) is 6.87. The summed E-state index contributed by atoms with van der Waals surface area (Å²) in [5.74, 6) is 0.839. The second kappa shape index (κ2) is 6.02. The summed E-state index contributed by atoms with van der Waals surface area (Å²) in [5.41, 5.74) is 5.49. The second-order valence-electron chi connectivity index (χ2n) is 4.27. The number of fused-ring (bicyclic) bond motifs is 1. The normalized spacial score (nSPS) is 12.7. The number of aromatic nitrogens is 2. The fourth-order valence-electron chi connectivity index (χ4n) is 1.49. The predicted molar refractivity (Wildman–Crippen MR) is 86.3 cm³/mol. The van der Waals surface area contributed by atoms with Gasteiger partial charge in [-0.2, -0.15) is 0 Å². The lowest BCUT2D eigenvalue weighted by Gasteiger charge is -2.07. The first-order valence-electron chi connectivity index (χ1n) is 5.96. The Hall–Kier alpha value is -0.920. The zero-order chi connectivity index (χ0) is 14.0. The fourth-order valence-corrected chi connectivity index (χ4v) is 3.61. The summed E-state index contributed by atoms with van der Waals surface area (Å²) in [6.07, 6.45) is 0.918. The van der Waals surface area contributed by atoms with Gasteiger partial charge >= 0.3 is 0 Å². The maximum absolute atomic E-state index is 12.0. The Bertz CT molecular complexity index is 662. The molecule has 0 spiro atoms. The van der Waals surface area contributed by atoms with Gasteiger partial charge in [0.25, 0.3) is 5.56 Å². The number of thioether (sulfide) groups is 1. The summed E-state index contributed by atoms with van der Waals surface area (Å²) in [6.45, 7) is 4.03. The third-order valence-electron chi connectivity index (χ3n) is 2.74. The van der Waals surface area contributed by atoms with Crippen molar-refractivity contribution in [3.63, 3.8) is 0 Å². The third kappa shape index (κ3) is 3.34. The fraction of sp³-hybridized carbons (Fsp3) is 0.417. The molecule has 0 aromatic carbocycles. The Morgan fingerprint density at radius 1 is 1.68 bits per heavy atom. The molecule has 2 heterocycles. The molecule has 0 bridgehead atoms. The summed E-state index contributed by atoms with van der Waals surface area (Å²) in [5, 5.41) is 1.30. The summed E-state index contributed by atoms with van der Waals surface area (Å²) in [4.78, 5) is 21.7. The van der Waals surface area contributed by atoms with Crippen LogP contribution < -0.4 is 11.3 Å². The number of hydrogen-bond acceptors (Lipinski definition) is 5. The molecule has 2 aromatic rings. The molecule has 102 valence electrons. The lowest BCUT2D eigenvalue weighted by atomic mass is 10.2. The van der Waals surface area contributed by atoms with Crippen LogP contribution in [0.5, 0.6) is 0 Å². The van der Waals surface area contributed by atoms with Crippen molar-refractivity contribution >= 4 is 50.5 Å². The van der Waals surface area contributed by atoms with Crippen molar-refractivity contribution in [2.24, 2.45) is 11.7 Å². The first kappa shape index (κ1) is 14.5. The Kier molecular flexibility index (Phi) is 4.59. The first-order valence-corrected chi connectivity index (χ1v) is 8.17. The third-order valence-corrected chi connectivity index (χ3v) is 5.44. The molecule has 1 atom stereocenters. The minimum atomic E-state index is -0.0774. The molecule has 2 aromatic heterocycles. The van der Waals surface area contributed by atoms with E-state index in [0.29, 0.717) is 15.5 Å². The molecule has 0 saturated heterocycles. The van der Waals surface area contributed by atoms with Crippen LogP contribution in [0.2, 0.25) is 0 Å². The van der Waals surface area contributed by atoms with Crippen LogP contribution in [0.15, 0.2) is 16.0 Å². The van der Waals surface area contributed by atoms with Gasteiger partial charge in [0.2, 0.25) is 0 Å². The van der Waals surface area contributed by atoms with Crippen molar-refractivity contribution in [2.75, 3.05) is 5.75 Å². The predicted octanol–water partition coefficient (Wildman–Crippen LogP) is 2.56. The number of nitrogens with one attached hydrogen (secondary N) is 1. The van der Waals surface area contributed by atoms with E-state index in [1.807, 2.05) is 13.0 Å². The van der Waals surface area contributed by atoms with Crippen molar-refractivity contribution in [2.45, 2.75) is 25.4 Å². The van der Waals surface area contributed by atoms with Crippen molar-refractivity contribution in [1.82, 2.24) is 9.97 Å². The van der Waals surface area contributed by atoms with Crippen LogP contribution >= 0.6 is 35.3 Å². The molecule has 0 aliphatic heterocycles. The number of thiocarbonyl (C=S) groups is 1. The molecule has 19 heavy (non-hydrogen) atoms. The monoisotopic (exact) mass is 313 g/mol. The molecular formula is C12H15N3OS3. The van der Waals surface area contributed by atoms with E-state index < -0.39 is 0 Å². The topological polar surface area (TPSA) is 71.8 Å². The van der Waals surface area contributed by atoms with Crippen LogP contribution in [0.4, 0.5) is 0 Å². The first-order chi connectivity index (χ1) is 9.01. The lowest BCUT2D eigenvalue weighted by molar-refractivity contribution is 0.895. The summed E-state index contributed by atoms with van der Waals surface area (Å²) < 4.78 is 0. The maximum Gasteiger partial charge on any atom is 0.260 e. The molecule has 0 radical (unpaired) electrons. The van der Waals surface area contributed by atoms with Crippen LogP contribution in [0, 0.1) is 5.92 Å². The summed E-state index contributed by atoms with van der Waals surface area (Å²) in [7, 11) is 0. The van der Waals surface area contributed by atoms with Gasteiger partial charge < -0.3 is 10.7 Å². The van der Waals surface area contributed by atoms with Crippen molar-refractivity contribution in [1.29, 1.82) is 0 Å². The van der Waals surface area contributed by atoms with Gasteiger partial charge in [-0.25, -0.2) is 4.98 Å². The van der Waals surface area contributed by atoms with Crippen molar-refractivity contribution in [3.8, 4) is 0 Å². The molecule has 0 amide bonds. The van der Waals surface area contributed by atoms with Crippen LogP contribution in [0.1, 0.15) is 18.7 Å². The molecule has 4 nitrogen and oxygen atoms in total. The average molecular weight is 313 g/mol. The Balaban J connectivity index is 2.25.